The van der Waals surface area contributed by atoms with Crippen LogP contribution in [0, 0.1) is 20.8 Å². The van der Waals surface area contributed by atoms with Crippen molar-refractivity contribution in [3.63, 3.8) is 0 Å². The average molecular weight is 473 g/mol. The quantitative estimate of drug-likeness (QED) is 0.413. The molecule has 0 atom stereocenters. The smallest absolute Gasteiger partial charge is 0.255 e. The maximum atomic E-state index is 13.5. The van der Waals surface area contributed by atoms with Gasteiger partial charge in [0.1, 0.15) is 11.4 Å². The number of nitrogens with zero attached hydrogens (tertiary/aromatic N) is 3. The summed E-state index contributed by atoms with van der Waals surface area (Å²) in [7, 11) is 1.61. The third-order valence-corrected chi connectivity index (χ3v) is 6.46. The number of hydrogen-bond acceptors (Lipinski definition) is 4. The van der Waals surface area contributed by atoms with Gasteiger partial charge in [-0.2, -0.15) is 5.10 Å². The molecule has 1 amide bonds. The van der Waals surface area contributed by atoms with E-state index in [9.17, 15) is 9.59 Å². The van der Waals surface area contributed by atoms with Crippen LogP contribution in [0.5, 0.6) is 5.75 Å². The predicted molar refractivity (Wildman–Crippen MR) is 138 cm³/mol. The van der Waals surface area contributed by atoms with Crippen LogP contribution in [0.25, 0.3) is 16.7 Å². The zero-order chi connectivity index (χ0) is 25.1. The number of carbonyl (C=O) groups is 1. The number of amides is 1. The lowest BCUT2D eigenvalue weighted by molar-refractivity contribution is -0.121. The summed E-state index contributed by atoms with van der Waals surface area (Å²) in [6, 6.07) is 15.7. The molecule has 2 aromatic carbocycles. The topological polar surface area (TPSA) is 78.2 Å². The first-order valence-electron chi connectivity index (χ1n) is 11.9. The number of hydrogen-bond donors (Lipinski definition) is 1. The molecule has 0 aliphatic carbocycles. The second-order valence-corrected chi connectivity index (χ2v) is 8.78. The van der Waals surface area contributed by atoms with E-state index in [1.165, 1.54) is 0 Å². The van der Waals surface area contributed by atoms with Crippen molar-refractivity contribution in [2.75, 3.05) is 7.11 Å². The molecule has 0 saturated carbocycles. The molecule has 0 radical (unpaired) electrons. The SMILES string of the molecule is CCn1c(=O)c(CCC(=O)NCc2ccccc2OC)c(C)c2c(C)nn(-c3cccc(C)c3)c21. The Morgan fingerprint density at radius 3 is 2.57 bits per heavy atom. The first-order chi connectivity index (χ1) is 16.8. The van der Waals surface area contributed by atoms with Gasteiger partial charge in [0.05, 0.1) is 18.5 Å². The number of aromatic nitrogens is 3. The molecule has 7 nitrogen and oxygen atoms in total. The minimum absolute atomic E-state index is 0.0659. The van der Waals surface area contributed by atoms with Gasteiger partial charge in [-0.25, -0.2) is 4.68 Å². The zero-order valence-electron chi connectivity index (χ0n) is 21.0. The first-order valence-corrected chi connectivity index (χ1v) is 11.9. The van der Waals surface area contributed by atoms with Gasteiger partial charge < -0.3 is 10.1 Å². The summed E-state index contributed by atoms with van der Waals surface area (Å²) in [5, 5.41) is 8.71. The van der Waals surface area contributed by atoms with Crippen LogP contribution in [0.3, 0.4) is 0 Å². The number of benzene rings is 2. The van der Waals surface area contributed by atoms with Crippen molar-refractivity contribution in [3.8, 4) is 11.4 Å². The van der Waals surface area contributed by atoms with E-state index < -0.39 is 0 Å². The van der Waals surface area contributed by atoms with Gasteiger partial charge in [-0.3, -0.25) is 14.2 Å². The highest BCUT2D eigenvalue weighted by Crippen LogP contribution is 2.26. The molecule has 0 fully saturated rings. The Bertz CT molecular complexity index is 1450. The van der Waals surface area contributed by atoms with Gasteiger partial charge in [0.2, 0.25) is 5.91 Å². The van der Waals surface area contributed by atoms with Gasteiger partial charge in [-0.15, -0.1) is 0 Å². The minimum Gasteiger partial charge on any atom is -0.496 e. The van der Waals surface area contributed by atoms with E-state index in [2.05, 4.69) is 11.4 Å². The number of pyridine rings is 1. The van der Waals surface area contributed by atoms with Crippen molar-refractivity contribution in [1.29, 1.82) is 0 Å². The Kier molecular flexibility index (Phi) is 7.05. The molecule has 0 spiro atoms. The van der Waals surface area contributed by atoms with Crippen molar-refractivity contribution in [2.24, 2.45) is 0 Å². The molecular weight excluding hydrogens is 440 g/mol. The molecule has 182 valence electrons. The zero-order valence-corrected chi connectivity index (χ0v) is 21.0. The number of rotatable bonds is 8. The third kappa shape index (κ3) is 4.71. The van der Waals surface area contributed by atoms with E-state index in [4.69, 9.17) is 9.84 Å². The molecule has 1 N–H and O–H groups in total. The lowest BCUT2D eigenvalue weighted by Gasteiger charge is -2.15. The van der Waals surface area contributed by atoms with Gasteiger partial charge in [0, 0.05) is 36.0 Å². The Balaban J connectivity index is 1.63. The van der Waals surface area contributed by atoms with Crippen LogP contribution in [-0.4, -0.2) is 27.4 Å². The molecule has 35 heavy (non-hydrogen) atoms. The number of fused-ring (bicyclic) bond motifs is 1. The highest BCUT2D eigenvalue weighted by Gasteiger charge is 2.21. The van der Waals surface area contributed by atoms with Crippen molar-refractivity contribution >= 4 is 16.9 Å². The van der Waals surface area contributed by atoms with Crippen LogP contribution >= 0.6 is 0 Å². The van der Waals surface area contributed by atoms with Gasteiger partial charge in [-0.05, 0) is 63.4 Å². The Morgan fingerprint density at radius 1 is 1.09 bits per heavy atom. The average Bonchev–Trinajstić information content (AvgIpc) is 3.20. The second kappa shape index (κ2) is 10.2. The first kappa shape index (κ1) is 24.3. The van der Waals surface area contributed by atoms with Crippen molar-refractivity contribution in [3.05, 3.63) is 86.8 Å². The van der Waals surface area contributed by atoms with Gasteiger partial charge in [-0.1, -0.05) is 30.3 Å². The van der Waals surface area contributed by atoms with E-state index >= 15 is 0 Å². The van der Waals surface area contributed by atoms with Gasteiger partial charge in [0.15, 0.2) is 0 Å². The van der Waals surface area contributed by atoms with Crippen LogP contribution in [0.15, 0.2) is 53.3 Å². The predicted octanol–water partition coefficient (Wildman–Crippen LogP) is 4.39. The molecule has 0 bridgehead atoms. The van der Waals surface area contributed by atoms with Crippen LogP contribution < -0.4 is 15.6 Å². The van der Waals surface area contributed by atoms with Gasteiger partial charge in [0.25, 0.3) is 5.56 Å². The molecule has 7 heteroatoms. The van der Waals surface area contributed by atoms with Crippen LogP contribution in [0.1, 0.15) is 41.3 Å². The Labute approximate surface area is 205 Å². The lowest BCUT2D eigenvalue weighted by atomic mass is 10.0. The summed E-state index contributed by atoms with van der Waals surface area (Å²) >= 11 is 0. The molecule has 4 aromatic rings. The lowest BCUT2D eigenvalue weighted by Crippen LogP contribution is -2.28. The highest BCUT2D eigenvalue weighted by molar-refractivity contribution is 5.85. The van der Waals surface area contributed by atoms with E-state index in [0.29, 0.717) is 25.1 Å². The van der Waals surface area contributed by atoms with Crippen LogP contribution in [0.4, 0.5) is 0 Å². The monoisotopic (exact) mass is 472 g/mol. The third-order valence-electron chi connectivity index (χ3n) is 6.46. The van der Waals surface area contributed by atoms with Gasteiger partial charge >= 0.3 is 0 Å². The summed E-state index contributed by atoms with van der Waals surface area (Å²) in [6.07, 6.45) is 0.596. The maximum absolute atomic E-state index is 13.5. The van der Waals surface area contributed by atoms with E-state index in [-0.39, 0.29) is 17.9 Å². The fourth-order valence-corrected chi connectivity index (χ4v) is 4.67. The molecule has 4 rings (SSSR count). The standard InChI is InChI=1S/C28H32N4O3/c1-6-31-27-26(20(4)30-32(27)22-12-9-10-18(2)16-22)19(3)23(28(31)34)14-15-25(33)29-17-21-11-7-8-13-24(21)35-5/h7-13,16H,6,14-15,17H2,1-5H3,(H,29,33). The van der Waals surface area contributed by atoms with Crippen LogP contribution in [0.2, 0.25) is 0 Å². The normalized spacial score (nSPS) is 11.1. The Morgan fingerprint density at radius 2 is 1.86 bits per heavy atom. The molecule has 2 aromatic heterocycles. The minimum atomic E-state index is -0.106. The number of para-hydroxylation sites is 1. The summed E-state index contributed by atoms with van der Waals surface area (Å²) < 4.78 is 8.98. The van der Waals surface area contributed by atoms with E-state index in [1.54, 1.807) is 11.7 Å². The van der Waals surface area contributed by atoms with E-state index in [0.717, 1.165) is 44.9 Å². The molecule has 2 heterocycles. The number of methoxy groups -OCH3 is 1. The highest BCUT2D eigenvalue weighted by atomic mass is 16.5. The van der Waals surface area contributed by atoms with Crippen molar-refractivity contribution < 1.29 is 9.53 Å². The van der Waals surface area contributed by atoms with E-state index in [1.807, 2.05) is 74.8 Å². The van der Waals surface area contributed by atoms with Crippen molar-refractivity contribution in [1.82, 2.24) is 19.7 Å². The fraction of sp³-hybridized carbons (Fsp3) is 0.321. The molecule has 0 saturated heterocycles. The fourth-order valence-electron chi connectivity index (χ4n) is 4.67. The second-order valence-electron chi connectivity index (χ2n) is 8.78. The molecular formula is C28H32N4O3. The summed E-state index contributed by atoms with van der Waals surface area (Å²) in [5.74, 6) is 0.631. The summed E-state index contributed by atoms with van der Waals surface area (Å²) in [6.45, 7) is 8.82. The van der Waals surface area contributed by atoms with Crippen LogP contribution in [-0.2, 0) is 24.3 Å². The summed E-state index contributed by atoms with van der Waals surface area (Å²) in [5.41, 5.74) is 6.11. The summed E-state index contributed by atoms with van der Waals surface area (Å²) in [4.78, 5) is 26.2. The largest absolute Gasteiger partial charge is 0.496 e. The molecule has 0 aliphatic rings. The Hall–Kier alpha value is -3.87. The molecule has 0 aliphatic heterocycles. The maximum Gasteiger partial charge on any atom is 0.255 e. The number of carbonyl (C=O) groups excluding carboxylic acids is 1. The molecule has 0 unspecified atom stereocenters. The van der Waals surface area contributed by atoms with Crippen molar-refractivity contribution in [2.45, 2.75) is 53.6 Å². The number of aryl methyl sites for hydroxylation is 4. The number of ether oxygens (including phenoxy) is 1. The number of nitrogens with one attached hydrogen (secondary N) is 1.